The van der Waals surface area contributed by atoms with Crippen LogP contribution >= 0.6 is 0 Å². The third-order valence-electron chi connectivity index (χ3n) is 9.65. The lowest BCUT2D eigenvalue weighted by Crippen LogP contribution is -2.55. The van der Waals surface area contributed by atoms with Crippen LogP contribution in [0.2, 0.25) is 0 Å². The molecule has 1 heterocycles. The maximum absolute atomic E-state index is 4.92. The zero-order valence-electron chi connectivity index (χ0n) is 22.8. The molecule has 1 aromatic rings. The van der Waals surface area contributed by atoms with Crippen molar-refractivity contribution in [3.05, 3.63) is 0 Å². The second-order valence-electron chi connectivity index (χ2n) is 14.6. The maximum atomic E-state index is 4.92. The van der Waals surface area contributed by atoms with Gasteiger partial charge in [0.1, 0.15) is 0 Å². The first-order valence-corrected chi connectivity index (χ1v) is 13.1. The number of anilines is 3. The van der Waals surface area contributed by atoms with Gasteiger partial charge in [0.05, 0.1) is 0 Å². The number of aromatic nitrogens is 3. The van der Waals surface area contributed by atoms with Crippen LogP contribution in [0.15, 0.2) is 0 Å². The van der Waals surface area contributed by atoms with Crippen LogP contribution in [0, 0.1) is 28.6 Å². The number of nitrogens with zero attached hydrogens (tertiary/aromatic N) is 3. The molecule has 0 atom stereocenters. The minimum atomic E-state index is -0.177. The first-order valence-electron chi connectivity index (χ1n) is 13.1. The average molecular weight is 457 g/mol. The summed E-state index contributed by atoms with van der Waals surface area (Å²) in [5.74, 6) is 4.63. The molecule has 0 spiro atoms. The van der Waals surface area contributed by atoms with Gasteiger partial charge in [-0.2, -0.15) is 15.0 Å². The fourth-order valence-electron chi connectivity index (χ4n) is 5.98. The van der Waals surface area contributed by atoms with Crippen molar-refractivity contribution < 1.29 is 0 Å². The van der Waals surface area contributed by atoms with E-state index in [1.165, 1.54) is 38.5 Å². The minimum absolute atomic E-state index is 0.0470. The Bertz CT molecular complexity index is 792. The van der Waals surface area contributed by atoms with Crippen LogP contribution in [0.4, 0.5) is 17.8 Å². The van der Waals surface area contributed by atoms with Crippen LogP contribution in [0.3, 0.4) is 0 Å². The molecule has 4 aliphatic carbocycles. The molecule has 0 aromatic carbocycles. The SMILES string of the molecule is CC(C)(C)C(C)(C)Nc1nc(NC23CC4CC(CC(C4)C2)C3)nc(NC(C)(C)C(C)(C)C)n1. The van der Waals surface area contributed by atoms with Gasteiger partial charge in [0.25, 0.3) is 0 Å². The highest BCUT2D eigenvalue weighted by Gasteiger charge is 2.51. The van der Waals surface area contributed by atoms with E-state index in [4.69, 9.17) is 15.0 Å². The van der Waals surface area contributed by atoms with Gasteiger partial charge >= 0.3 is 0 Å². The van der Waals surface area contributed by atoms with Crippen LogP contribution in [0.5, 0.6) is 0 Å². The topological polar surface area (TPSA) is 74.8 Å². The molecule has 6 heteroatoms. The van der Waals surface area contributed by atoms with Gasteiger partial charge in [0.15, 0.2) is 0 Å². The van der Waals surface area contributed by atoms with Crippen molar-refractivity contribution in [2.75, 3.05) is 16.0 Å². The second kappa shape index (κ2) is 7.71. The van der Waals surface area contributed by atoms with Gasteiger partial charge in [0.2, 0.25) is 17.8 Å². The Hall–Kier alpha value is -1.59. The summed E-state index contributed by atoms with van der Waals surface area (Å²) in [5, 5.41) is 11.1. The standard InChI is InChI=1S/C27H48N6/c1-23(2,3)25(7,8)31-20-28-21(32-26(9,10)24(4,5)6)30-22(29-20)33-27-14-17-11-18(15-27)13-19(12-17)16-27/h17-19H,11-16H2,1-10H3,(H3,28,29,30,31,32,33). The van der Waals surface area contributed by atoms with Crippen molar-refractivity contribution in [3.63, 3.8) is 0 Å². The van der Waals surface area contributed by atoms with E-state index in [1.54, 1.807) is 0 Å². The Kier molecular flexibility index (Phi) is 5.73. The van der Waals surface area contributed by atoms with Crippen molar-refractivity contribution in [1.82, 2.24) is 15.0 Å². The van der Waals surface area contributed by atoms with Crippen LogP contribution < -0.4 is 16.0 Å². The first-order chi connectivity index (χ1) is 15.0. The Morgan fingerprint density at radius 2 is 0.909 bits per heavy atom. The fraction of sp³-hybridized carbons (Fsp3) is 0.889. The highest BCUT2D eigenvalue weighted by molar-refractivity contribution is 5.46. The van der Waals surface area contributed by atoms with Crippen molar-refractivity contribution in [3.8, 4) is 0 Å². The molecule has 33 heavy (non-hydrogen) atoms. The van der Waals surface area contributed by atoms with Crippen LogP contribution in [0.1, 0.15) is 108 Å². The molecule has 0 saturated heterocycles. The molecular formula is C27H48N6. The van der Waals surface area contributed by atoms with Crippen molar-refractivity contribution >= 4 is 17.8 Å². The van der Waals surface area contributed by atoms with Gasteiger partial charge in [-0.05, 0) is 94.8 Å². The summed E-state index contributed by atoms with van der Waals surface area (Å²) < 4.78 is 0. The predicted octanol–water partition coefficient (Wildman–Crippen LogP) is 6.73. The van der Waals surface area contributed by atoms with Crippen LogP contribution in [0.25, 0.3) is 0 Å². The number of nitrogens with one attached hydrogen (secondary N) is 3. The maximum Gasteiger partial charge on any atom is 0.229 e. The number of hydrogen-bond donors (Lipinski definition) is 3. The Labute approximate surface area is 201 Å². The monoisotopic (exact) mass is 456 g/mol. The fourth-order valence-corrected chi connectivity index (χ4v) is 5.98. The third kappa shape index (κ3) is 4.95. The molecule has 0 radical (unpaired) electrons. The Morgan fingerprint density at radius 3 is 1.24 bits per heavy atom. The molecule has 186 valence electrons. The average Bonchev–Trinajstić information content (AvgIpc) is 2.56. The second-order valence-corrected chi connectivity index (χ2v) is 14.6. The summed E-state index contributed by atoms with van der Waals surface area (Å²) in [6.07, 6.45) is 8.07. The largest absolute Gasteiger partial charge is 0.349 e. The predicted molar refractivity (Wildman–Crippen MR) is 139 cm³/mol. The highest BCUT2D eigenvalue weighted by atomic mass is 15.3. The molecule has 4 saturated carbocycles. The molecule has 5 rings (SSSR count). The van der Waals surface area contributed by atoms with Gasteiger partial charge in [-0.15, -0.1) is 0 Å². The zero-order valence-corrected chi connectivity index (χ0v) is 22.8. The van der Waals surface area contributed by atoms with E-state index in [1.807, 2.05) is 0 Å². The van der Waals surface area contributed by atoms with Crippen LogP contribution in [-0.4, -0.2) is 31.6 Å². The van der Waals surface area contributed by atoms with E-state index in [-0.39, 0.29) is 27.4 Å². The summed E-state index contributed by atoms with van der Waals surface area (Å²) in [5.41, 5.74) is -0.104. The molecule has 6 nitrogen and oxygen atoms in total. The van der Waals surface area contributed by atoms with E-state index in [0.717, 1.165) is 17.8 Å². The lowest BCUT2D eigenvalue weighted by Gasteiger charge is -2.56. The lowest BCUT2D eigenvalue weighted by molar-refractivity contribution is 0.0103. The molecular weight excluding hydrogens is 408 g/mol. The summed E-state index contributed by atoms with van der Waals surface area (Å²) in [6.45, 7) is 22.4. The van der Waals surface area contributed by atoms with Gasteiger partial charge in [0, 0.05) is 16.6 Å². The normalized spacial score (nSPS) is 29.8. The molecule has 0 amide bonds. The molecule has 4 fully saturated rings. The Balaban J connectivity index is 1.66. The molecule has 4 bridgehead atoms. The van der Waals surface area contributed by atoms with E-state index in [0.29, 0.717) is 17.8 Å². The Morgan fingerprint density at radius 1 is 0.576 bits per heavy atom. The molecule has 0 unspecified atom stereocenters. The van der Waals surface area contributed by atoms with Gasteiger partial charge in [-0.25, -0.2) is 0 Å². The van der Waals surface area contributed by atoms with E-state index in [2.05, 4.69) is 85.2 Å². The van der Waals surface area contributed by atoms with Gasteiger partial charge < -0.3 is 16.0 Å². The van der Waals surface area contributed by atoms with E-state index < -0.39 is 0 Å². The summed E-state index contributed by atoms with van der Waals surface area (Å²) >= 11 is 0. The van der Waals surface area contributed by atoms with Crippen molar-refractivity contribution in [2.45, 2.75) is 124 Å². The van der Waals surface area contributed by atoms with Gasteiger partial charge in [-0.1, -0.05) is 41.5 Å². The van der Waals surface area contributed by atoms with E-state index in [9.17, 15) is 0 Å². The lowest BCUT2D eigenvalue weighted by atomic mass is 9.53. The third-order valence-corrected chi connectivity index (χ3v) is 9.65. The summed E-state index contributed by atoms with van der Waals surface area (Å²) in [7, 11) is 0. The summed E-state index contributed by atoms with van der Waals surface area (Å²) in [4.78, 5) is 14.7. The van der Waals surface area contributed by atoms with Gasteiger partial charge in [-0.3, -0.25) is 0 Å². The molecule has 3 N–H and O–H groups in total. The van der Waals surface area contributed by atoms with Crippen LogP contribution in [-0.2, 0) is 0 Å². The van der Waals surface area contributed by atoms with Crippen molar-refractivity contribution in [2.24, 2.45) is 28.6 Å². The highest BCUT2D eigenvalue weighted by Crippen LogP contribution is 2.56. The smallest absolute Gasteiger partial charge is 0.229 e. The number of hydrogen-bond acceptors (Lipinski definition) is 6. The quantitative estimate of drug-likeness (QED) is 0.441. The number of rotatable bonds is 6. The molecule has 1 aromatic heterocycles. The van der Waals surface area contributed by atoms with E-state index >= 15 is 0 Å². The molecule has 0 aliphatic heterocycles. The molecule has 4 aliphatic rings. The minimum Gasteiger partial charge on any atom is -0.349 e. The first kappa shape index (κ1) is 24.5. The zero-order chi connectivity index (χ0) is 24.4. The summed E-state index contributed by atoms with van der Waals surface area (Å²) in [6, 6.07) is 0. The van der Waals surface area contributed by atoms with Crippen molar-refractivity contribution in [1.29, 1.82) is 0 Å².